The van der Waals surface area contributed by atoms with Crippen molar-refractivity contribution >= 4 is 10.1 Å². The molecule has 186 valence electrons. The van der Waals surface area contributed by atoms with Crippen LogP contribution in [0.1, 0.15) is 103 Å². The van der Waals surface area contributed by atoms with Crippen molar-refractivity contribution in [3.05, 3.63) is 35.9 Å². The van der Waals surface area contributed by atoms with Gasteiger partial charge in [-0.1, -0.05) is 101 Å². The highest BCUT2D eigenvalue weighted by molar-refractivity contribution is 7.85. The Kier molecular flexibility index (Phi) is 16.0. The van der Waals surface area contributed by atoms with Crippen LogP contribution in [0.15, 0.2) is 30.3 Å². The molecular weight excluding hydrogens is 418 g/mol. The minimum absolute atomic E-state index is 0.246. The lowest BCUT2D eigenvalue weighted by molar-refractivity contribution is -0.924. The van der Waals surface area contributed by atoms with E-state index in [9.17, 15) is 13.0 Å². The van der Waals surface area contributed by atoms with Gasteiger partial charge < -0.3 is 9.04 Å². The van der Waals surface area contributed by atoms with Gasteiger partial charge in [0.1, 0.15) is 10.1 Å². The first-order valence-corrected chi connectivity index (χ1v) is 14.8. The Morgan fingerprint density at radius 2 is 1.19 bits per heavy atom. The van der Waals surface area contributed by atoms with Gasteiger partial charge in [-0.05, 0) is 31.7 Å². The molecule has 4 nitrogen and oxygen atoms in total. The summed E-state index contributed by atoms with van der Waals surface area (Å²) in [7, 11) is -4.17. The van der Waals surface area contributed by atoms with Crippen molar-refractivity contribution < 1.29 is 17.5 Å². The van der Waals surface area contributed by atoms with Crippen molar-refractivity contribution in [1.82, 2.24) is 0 Å². The predicted octanol–water partition coefficient (Wildman–Crippen LogP) is 6.70. The minimum Gasteiger partial charge on any atom is -0.748 e. The highest BCUT2D eigenvalue weighted by Gasteiger charge is 2.25. The molecule has 0 N–H and O–H groups in total. The van der Waals surface area contributed by atoms with Gasteiger partial charge in [-0.2, -0.15) is 0 Å². The summed E-state index contributed by atoms with van der Waals surface area (Å²) in [6, 6.07) is 10.5. The molecule has 1 rings (SSSR count). The predicted molar refractivity (Wildman–Crippen MR) is 136 cm³/mol. The highest BCUT2D eigenvalue weighted by atomic mass is 32.2. The number of benzene rings is 1. The summed E-state index contributed by atoms with van der Waals surface area (Å²) in [5.74, 6) is -0.246. The molecule has 0 aromatic heterocycles. The van der Waals surface area contributed by atoms with Crippen LogP contribution in [0.2, 0.25) is 0 Å². The van der Waals surface area contributed by atoms with Crippen LogP contribution in [0.4, 0.5) is 0 Å². The molecule has 0 saturated heterocycles. The molecule has 0 saturated carbocycles. The Balaban J connectivity index is 2.32. The van der Waals surface area contributed by atoms with E-state index in [0.717, 1.165) is 43.4 Å². The largest absolute Gasteiger partial charge is 0.748 e. The topological polar surface area (TPSA) is 57.2 Å². The first kappa shape index (κ1) is 29.1. The third-order valence-corrected chi connectivity index (χ3v) is 7.60. The summed E-state index contributed by atoms with van der Waals surface area (Å²) < 4.78 is 34.7. The van der Waals surface area contributed by atoms with E-state index in [1.54, 1.807) is 0 Å². The monoisotopic (exact) mass is 467 g/mol. The molecule has 0 amide bonds. The van der Waals surface area contributed by atoms with Gasteiger partial charge in [-0.3, -0.25) is 0 Å². The summed E-state index contributed by atoms with van der Waals surface area (Å²) in [6.45, 7) is 7.68. The van der Waals surface area contributed by atoms with Crippen molar-refractivity contribution in [1.29, 1.82) is 0 Å². The van der Waals surface area contributed by atoms with E-state index in [4.69, 9.17) is 0 Å². The Hall–Kier alpha value is -0.910. The van der Waals surface area contributed by atoms with Crippen LogP contribution in [0.25, 0.3) is 0 Å². The molecule has 0 aliphatic heterocycles. The Morgan fingerprint density at radius 3 is 1.69 bits per heavy atom. The third kappa shape index (κ3) is 15.0. The van der Waals surface area contributed by atoms with Crippen LogP contribution in [0.5, 0.6) is 0 Å². The zero-order valence-electron chi connectivity index (χ0n) is 20.9. The number of rotatable bonds is 21. The average Bonchev–Trinajstić information content (AvgIpc) is 2.78. The maximum atomic E-state index is 11.3. The number of unbranched alkanes of at least 4 members (excludes halogenated alkanes) is 11. The van der Waals surface area contributed by atoms with Crippen molar-refractivity contribution in [3.8, 4) is 0 Å². The zero-order valence-corrected chi connectivity index (χ0v) is 21.7. The van der Waals surface area contributed by atoms with E-state index in [1.807, 2.05) is 6.07 Å². The van der Waals surface area contributed by atoms with E-state index in [0.29, 0.717) is 6.54 Å². The molecule has 0 radical (unpaired) electrons. The van der Waals surface area contributed by atoms with Crippen LogP contribution in [-0.2, 0) is 16.5 Å². The zero-order chi connectivity index (χ0) is 23.5. The van der Waals surface area contributed by atoms with E-state index in [2.05, 4.69) is 38.1 Å². The summed E-state index contributed by atoms with van der Waals surface area (Å²) in [5.41, 5.74) is 1.32. The van der Waals surface area contributed by atoms with Gasteiger partial charge in [0, 0.05) is 6.42 Å². The lowest BCUT2D eigenvalue weighted by Gasteiger charge is -2.38. The van der Waals surface area contributed by atoms with Gasteiger partial charge in [0.25, 0.3) is 0 Å². The Morgan fingerprint density at radius 1 is 0.688 bits per heavy atom. The SMILES string of the molecule is CCCCCCCCCCCCCC[N+](CC)(CCCc1ccccc1)CCS(=O)(=O)[O-]. The van der Waals surface area contributed by atoms with Crippen LogP contribution in [-0.4, -0.2) is 49.4 Å². The third-order valence-electron chi connectivity index (χ3n) is 6.91. The molecular formula is C27H49NO3S. The normalized spacial score (nSPS) is 13.8. The number of quaternary nitrogens is 1. The standard InChI is InChI=1S/C27H49NO3S/c1-3-5-6-7-8-9-10-11-12-13-14-18-23-28(4-2,25-26-32(29,30)31)24-19-22-27-20-16-15-17-21-27/h15-17,20-21H,3-14,18-19,22-26H2,1-2H3. The Bertz CT molecular complexity index is 663. The molecule has 32 heavy (non-hydrogen) atoms. The second kappa shape index (κ2) is 17.6. The number of aryl methyl sites for hydroxylation is 1. The fourth-order valence-electron chi connectivity index (χ4n) is 4.67. The number of nitrogens with zero attached hydrogens (tertiary/aromatic N) is 1. The number of hydrogen-bond donors (Lipinski definition) is 0. The van der Waals surface area contributed by atoms with Gasteiger partial charge in [-0.25, -0.2) is 8.42 Å². The smallest absolute Gasteiger partial charge is 0.100 e. The first-order valence-electron chi connectivity index (χ1n) is 13.2. The highest BCUT2D eigenvalue weighted by Crippen LogP contribution is 2.16. The molecule has 1 atom stereocenters. The summed E-state index contributed by atoms with van der Waals surface area (Å²) in [5, 5.41) is 0. The van der Waals surface area contributed by atoms with Gasteiger partial charge >= 0.3 is 0 Å². The fourth-order valence-corrected chi connectivity index (χ4v) is 5.28. The van der Waals surface area contributed by atoms with Crippen LogP contribution >= 0.6 is 0 Å². The lowest BCUT2D eigenvalue weighted by atomic mass is 10.0. The van der Waals surface area contributed by atoms with E-state index >= 15 is 0 Å². The van der Waals surface area contributed by atoms with E-state index < -0.39 is 10.1 Å². The molecule has 0 aliphatic carbocycles. The van der Waals surface area contributed by atoms with Crippen molar-refractivity contribution in [2.75, 3.05) is 31.9 Å². The molecule has 0 fully saturated rings. The maximum absolute atomic E-state index is 11.3. The second-order valence-corrected chi connectivity index (χ2v) is 11.1. The lowest BCUT2D eigenvalue weighted by Crippen LogP contribution is -2.51. The Labute approximate surface area is 199 Å². The van der Waals surface area contributed by atoms with Gasteiger partial charge in [0.05, 0.1) is 31.9 Å². The quantitative estimate of drug-likeness (QED) is 0.115. The average molecular weight is 468 g/mol. The van der Waals surface area contributed by atoms with Crippen LogP contribution < -0.4 is 0 Å². The van der Waals surface area contributed by atoms with E-state index in [1.165, 1.54) is 76.2 Å². The van der Waals surface area contributed by atoms with Crippen molar-refractivity contribution in [2.45, 2.75) is 104 Å². The van der Waals surface area contributed by atoms with Crippen LogP contribution in [0, 0.1) is 0 Å². The second-order valence-electron chi connectivity index (χ2n) is 9.57. The molecule has 0 bridgehead atoms. The maximum Gasteiger partial charge on any atom is 0.100 e. The number of hydrogen-bond acceptors (Lipinski definition) is 3. The van der Waals surface area contributed by atoms with Gasteiger partial charge in [-0.15, -0.1) is 0 Å². The summed E-state index contributed by atoms with van der Waals surface area (Å²) >= 11 is 0. The summed E-state index contributed by atoms with van der Waals surface area (Å²) in [6.07, 6.45) is 17.9. The summed E-state index contributed by atoms with van der Waals surface area (Å²) in [4.78, 5) is 0. The van der Waals surface area contributed by atoms with Crippen molar-refractivity contribution in [3.63, 3.8) is 0 Å². The molecule has 0 spiro atoms. The minimum atomic E-state index is -4.17. The van der Waals surface area contributed by atoms with Gasteiger partial charge in [0.2, 0.25) is 0 Å². The van der Waals surface area contributed by atoms with E-state index in [-0.39, 0.29) is 5.75 Å². The molecule has 5 heteroatoms. The van der Waals surface area contributed by atoms with Crippen molar-refractivity contribution in [2.24, 2.45) is 0 Å². The molecule has 1 aromatic rings. The van der Waals surface area contributed by atoms with Crippen LogP contribution in [0.3, 0.4) is 0 Å². The molecule has 1 aromatic carbocycles. The first-order chi connectivity index (χ1) is 15.4. The molecule has 1 unspecified atom stereocenters. The molecule has 0 heterocycles. The molecule has 0 aliphatic rings. The van der Waals surface area contributed by atoms with Gasteiger partial charge in [0.15, 0.2) is 0 Å². The fraction of sp³-hybridized carbons (Fsp3) is 0.778.